The van der Waals surface area contributed by atoms with Crippen LogP contribution in [-0.2, 0) is 6.54 Å². The summed E-state index contributed by atoms with van der Waals surface area (Å²) in [5.41, 5.74) is 9.83. The van der Waals surface area contributed by atoms with E-state index >= 15 is 0 Å². The summed E-state index contributed by atoms with van der Waals surface area (Å²) in [6, 6.07) is 9.98. The van der Waals surface area contributed by atoms with Gasteiger partial charge in [0.15, 0.2) is 11.2 Å². The number of ether oxygens (including phenoxy) is 1. The molecule has 1 aliphatic carbocycles. The normalized spacial score (nSPS) is 17.5. The minimum Gasteiger partial charge on any atom is -0.470 e. The van der Waals surface area contributed by atoms with Crippen LogP contribution in [-0.4, -0.2) is 49.2 Å². The van der Waals surface area contributed by atoms with Gasteiger partial charge in [-0.15, -0.1) is 0 Å². The fourth-order valence-corrected chi connectivity index (χ4v) is 5.04. The smallest absolute Gasteiger partial charge is 0.245 e. The second-order valence-corrected chi connectivity index (χ2v) is 10.7. The number of hydrogen-bond donors (Lipinski definition) is 1. The fraction of sp³-hybridized carbons (Fsp3) is 0.385. The molecule has 4 heterocycles. The number of pyridine rings is 1. The van der Waals surface area contributed by atoms with Crippen molar-refractivity contribution in [1.82, 2.24) is 24.5 Å². The first-order valence-corrected chi connectivity index (χ1v) is 13.0. The topological polar surface area (TPSA) is 95.0 Å². The number of benzene rings is 1. The SMILES string of the molecule is CC1(Oc2ncnc3c2nc(-c2ccc(N4CCC(N)CC4)cc2Cl)n3Cc2cc(Cl)ccn2)CC1. The highest BCUT2D eigenvalue weighted by molar-refractivity contribution is 6.33. The first kappa shape index (κ1) is 23.5. The summed E-state index contributed by atoms with van der Waals surface area (Å²) in [6.07, 6.45) is 7.15. The third-order valence-electron chi connectivity index (χ3n) is 6.99. The van der Waals surface area contributed by atoms with Gasteiger partial charge in [-0.25, -0.2) is 9.97 Å². The molecule has 0 atom stereocenters. The van der Waals surface area contributed by atoms with E-state index in [-0.39, 0.29) is 11.6 Å². The Hall–Kier alpha value is -2.94. The van der Waals surface area contributed by atoms with Gasteiger partial charge in [-0.05, 0) is 62.9 Å². The zero-order valence-corrected chi connectivity index (χ0v) is 21.5. The fourth-order valence-electron chi connectivity index (χ4n) is 4.59. The predicted molar refractivity (Wildman–Crippen MR) is 142 cm³/mol. The van der Waals surface area contributed by atoms with Gasteiger partial charge in [0.25, 0.3) is 0 Å². The molecule has 6 rings (SSSR count). The summed E-state index contributed by atoms with van der Waals surface area (Å²) >= 11 is 13.1. The maximum Gasteiger partial charge on any atom is 0.245 e. The van der Waals surface area contributed by atoms with Crippen molar-refractivity contribution in [3.63, 3.8) is 0 Å². The van der Waals surface area contributed by atoms with Gasteiger partial charge < -0.3 is 19.9 Å². The van der Waals surface area contributed by atoms with Crippen LogP contribution in [0.2, 0.25) is 10.0 Å². The van der Waals surface area contributed by atoms with Crippen molar-refractivity contribution in [3.05, 3.63) is 58.6 Å². The van der Waals surface area contributed by atoms with Crippen molar-refractivity contribution in [3.8, 4) is 17.3 Å². The van der Waals surface area contributed by atoms with Gasteiger partial charge in [-0.1, -0.05) is 23.2 Å². The first-order valence-electron chi connectivity index (χ1n) is 12.2. The van der Waals surface area contributed by atoms with Gasteiger partial charge in [0, 0.05) is 41.6 Å². The Labute approximate surface area is 219 Å². The van der Waals surface area contributed by atoms with Crippen LogP contribution in [0.5, 0.6) is 5.88 Å². The average molecular weight is 524 g/mol. The summed E-state index contributed by atoms with van der Waals surface area (Å²) in [4.78, 5) is 20.8. The molecule has 1 aromatic carbocycles. The van der Waals surface area contributed by atoms with Gasteiger partial charge in [0.1, 0.15) is 17.8 Å². The molecule has 0 spiro atoms. The van der Waals surface area contributed by atoms with E-state index in [9.17, 15) is 0 Å². The molecule has 2 aliphatic rings. The molecule has 186 valence electrons. The second-order valence-electron chi connectivity index (χ2n) is 9.88. The van der Waals surface area contributed by atoms with Gasteiger partial charge in [0.2, 0.25) is 5.88 Å². The maximum atomic E-state index is 6.89. The van der Waals surface area contributed by atoms with Gasteiger partial charge in [-0.3, -0.25) is 4.98 Å². The molecule has 1 aliphatic heterocycles. The number of anilines is 1. The monoisotopic (exact) mass is 523 g/mol. The summed E-state index contributed by atoms with van der Waals surface area (Å²) in [5, 5.41) is 1.23. The standard InChI is InChI=1S/C26H27Cl2N7O/c1-26(7-8-26)36-25-22-24(31-15-32-25)35(14-18-12-16(27)4-9-30-18)23(33-22)20-3-2-19(13-21(20)28)34-10-5-17(29)6-11-34/h2-4,9,12-13,15,17H,5-8,10-11,14,29H2,1H3. The summed E-state index contributed by atoms with van der Waals surface area (Å²) < 4.78 is 8.22. The molecule has 2 fully saturated rings. The maximum absolute atomic E-state index is 6.89. The molecule has 36 heavy (non-hydrogen) atoms. The molecule has 0 bridgehead atoms. The van der Waals surface area contributed by atoms with Crippen molar-refractivity contribution in [1.29, 1.82) is 0 Å². The lowest BCUT2D eigenvalue weighted by Crippen LogP contribution is -2.39. The molecule has 4 aromatic rings. The number of piperidine rings is 1. The third kappa shape index (κ3) is 4.61. The van der Waals surface area contributed by atoms with Crippen LogP contribution in [0, 0.1) is 0 Å². The van der Waals surface area contributed by atoms with E-state index in [4.69, 9.17) is 38.7 Å². The van der Waals surface area contributed by atoms with E-state index in [2.05, 4.69) is 32.8 Å². The van der Waals surface area contributed by atoms with Crippen molar-refractivity contribution in [2.45, 2.75) is 50.8 Å². The van der Waals surface area contributed by atoms with E-state index in [1.54, 1.807) is 12.3 Å². The molecule has 8 nitrogen and oxygen atoms in total. The summed E-state index contributed by atoms with van der Waals surface area (Å²) in [5.74, 6) is 1.16. The van der Waals surface area contributed by atoms with Crippen molar-refractivity contribution >= 4 is 40.1 Å². The molecule has 10 heteroatoms. The minimum atomic E-state index is -0.198. The van der Waals surface area contributed by atoms with Crippen molar-refractivity contribution in [2.24, 2.45) is 5.73 Å². The Balaban J connectivity index is 1.44. The quantitative estimate of drug-likeness (QED) is 0.375. The van der Waals surface area contributed by atoms with Crippen LogP contribution in [0.3, 0.4) is 0 Å². The lowest BCUT2D eigenvalue weighted by Gasteiger charge is -2.32. The van der Waals surface area contributed by atoms with Crippen LogP contribution in [0.1, 0.15) is 38.3 Å². The van der Waals surface area contributed by atoms with Gasteiger partial charge in [-0.2, -0.15) is 4.98 Å². The van der Waals surface area contributed by atoms with E-state index in [1.165, 1.54) is 6.33 Å². The molecule has 3 aromatic heterocycles. The number of nitrogens with zero attached hydrogens (tertiary/aromatic N) is 6. The molecule has 1 saturated heterocycles. The number of halogens is 2. The molecule has 0 radical (unpaired) electrons. The number of rotatable bonds is 6. The number of nitrogens with two attached hydrogens (primary N) is 1. The Kier molecular flexibility index (Phi) is 5.98. The summed E-state index contributed by atoms with van der Waals surface area (Å²) in [7, 11) is 0. The van der Waals surface area contributed by atoms with Crippen LogP contribution >= 0.6 is 23.2 Å². The molecule has 2 N–H and O–H groups in total. The lowest BCUT2D eigenvalue weighted by atomic mass is 10.0. The summed E-state index contributed by atoms with van der Waals surface area (Å²) in [6.45, 7) is 4.34. The molecule has 1 saturated carbocycles. The largest absolute Gasteiger partial charge is 0.470 e. The average Bonchev–Trinajstić information content (AvgIpc) is 3.48. The second kappa shape index (κ2) is 9.18. The number of imidazole rings is 1. The Bertz CT molecular complexity index is 1430. The third-order valence-corrected chi connectivity index (χ3v) is 7.54. The highest BCUT2D eigenvalue weighted by atomic mass is 35.5. The molecule has 0 unspecified atom stereocenters. The molecular formula is C26H27Cl2N7O. The number of hydrogen-bond acceptors (Lipinski definition) is 7. The first-order chi connectivity index (χ1) is 17.4. The van der Waals surface area contributed by atoms with E-state index in [0.717, 1.165) is 55.7 Å². The van der Waals surface area contributed by atoms with E-state index in [1.807, 2.05) is 22.8 Å². The highest BCUT2D eigenvalue weighted by Crippen LogP contribution is 2.41. The van der Waals surface area contributed by atoms with Crippen LogP contribution in [0.4, 0.5) is 5.69 Å². The van der Waals surface area contributed by atoms with Crippen molar-refractivity contribution in [2.75, 3.05) is 18.0 Å². The van der Waals surface area contributed by atoms with E-state index in [0.29, 0.717) is 39.5 Å². The van der Waals surface area contributed by atoms with Crippen LogP contribution in [0.25, 0.3) is 22.6 Å². The molecular weight excluding hydrogens is 497 g/mol. The van der Waals surface area contributed by atoms with Crippen molar-refractivity contribution < 1.29 is 4.74 Å². The van der Waals surface area contributed by atoms with Gasteiger partial charge >= 0.3 is 0 Å². The van der Waals surface area contributed by atoms with Crippen LogP contribution < -0.4 is 15.4 Å². The van der Waals surface area contributed by atoms with Gasteiger partial charge in [0.05, 0.1) is 17.3 Å². The Morgan fingerprint density at radius 3 is 2.61 bits per heavy atom. The number of fused-ring (bicyclic) bond motifs is 1. The predicted octanol–water partition coefficient (Wildman–Crippen LogP) is 5.10. The molecule has 0 amide bonds. The zero-order chi connectivity index (χ0) is 24.9. The lowest BCUT2D eigenvalue weighted by molar-refractivity contribution is 0.194. The van der Waals surface area contributed by atoms with E-state index < -0.39 is 0 Å². The Morgan fingerprint density at radius 2 is 1.89 bits per heavy atom. The highest BCUT2D eigenvalue weighted by Gasteiger charge is 2.41. The zero-order valence-electron chi connectivity index (χ0n) is 20.0. The Morgan fingerprint density at radius 1 is 1.08 bits per heavy atom. The van der Waals surface area contributed by atoms with Crippen LogP contribution in [0.15, 0.2) is 42.9 Å². The minimum absolute atomic E-state index is 0.198. The number of aromatic nitrogens is 5.